The Hall–Kier alpha value is -1.10. The van der Waals surface area contributed by atoms with Crippen molar-refractivity contribution < 1.29 is 24.2 Å². The van der Waals surface area contributed by atoms with Gasteiger partial charge in [-0.05, 0) is 24.7 Å². The molecule has 2 atom stereocenters. The Labute approximate surface area is 94.7 Å². The van der Waals surface area contributed by atoms with E-state index in [1.807, 2.05) is 6.92 Å². The molecule has 1 saturated carbocycles. The molecule has 1 N–H and O–H groups in total. The van der Waals surface area contributed by atoms with Crippen LogP contribution >= 0.6 is 0 Å². The Morgan fingerprint density at radius 3 is 2.06 bits per heavy atom. The van der Waals surface area contributed by atoms with Gasteiger partial charge >= 0.3 is 11.9 Å². The Kier molecular flexibility index (Phi) is 3.91. The molecule has 0 aromatic carbocycles. The molecule has 0 spiro atoms. The lowest BCUT2D eigenvalue weighted by Gasteiger charge is -2.22. The third-order valence-electron chi connectivity index (χ3n) is 3.47. The van der Waals surface area contributed by atoms with E-state index in [9.17, 15) is 14.7 Å². The van der Waals surface area contributed by atoms with Crippen molar-refractivity contribution in [1.82, 2.24) is 0 Å². The molecule has 92 valence electrons. The molecule has 0 radical (unpaired) electrons. The number of hydrogen-bond acceptors (Lipinski definition) is 5. The maximum atomic E-state index is 11.7. The molecule has 1 aliphatic rings. The topological polar surface area (TPSA) is 72.8 Å². The highest BCUT2D eigenvalue weighted by molar-refractivity contribution is 6.00. The Morgan fingerprint density at radius 1 is 1.25 bits per heavy atom. The van der Waals surface area contributed by atoms with E-state index in [0.717, 1.165) is 0 Å². The first-order valence-corrected chi connectivity index (χ1v) is 5.29. The molecule has 5 nitrogen and oxygen atoms in total. The van der Waals surface area contributed by atoms with Crippen LogP contribution in [0.5, 0.6) is 0 Å². The summed E-state index contributed by atoms with van der Waals surface area (Å²) in [6, 6.07) is 0. The molecule has 0 aromatic rings. The summed E-state index contributed by atoms with van der Waals surface area (Å²) in [4.78, 5) is 23.5. The molecule has 5 heteroatoms. The minimum Gasteiger partial charge on any atom is -0.468 e. The van der Waals surface area contributed by atoms with E-state index in [0.29, 0.717) is 12.8 Å². The zero-order valence-electron chi connectivity index (χ0n) is 9.86. The summed E-state index contributed by atoms with van der Waals surface area (Å²) in [5.41, 5.74) is -1.23. The van der Waals surface area contributed by atoms with Crippen molar-refractivity contribution in [1.29, 1.82) is 0 Å². The van der Waals surface area contributed by atoms with Crippen LogP contribution in [0.4, 0.5) is 0 Å². The van der Waals surface area contributed by atoms with Crippen molar-refractivity contribution >= 4 is 11.9 Å². The molecule has 0 bridgehead atoms. The Morgan fingerprint density at radius 2 is 1.75 bits per heavy atom. The van der Waals surface area contributed by atoms with Gasteiger partial charge < -0.3 is 14.6 Å². The molecule has 0 unspecified atom stereocenters. The maximum absolute atomic E-state index is 11.7. The van der Waals surface area contributed by atoms with Gasteiger partial charge in [0.2, 0.25) is 0 Å². The monoisotopic (exact) mass is 230 g/mol. The number of rotatable bonds is 3. The normalized spacial score (nSPS) is 27.5. The number of esters is 2. The highest BCUT2D eigenvalue weighted by atomic mass is 16.5. The van der Waals surface area contributed by atoms with Crippen molar-refractivity contribution in [2.75, 3.05) is 20.8 Å². The number of carbonyl (C=O) groups is 2. The largest absolute Gasteiger partial charge is 0.468 e. The molecule has 0 aliphatic heterocycles. The second-order valence-electron chi connectivity index (χ2n) is 4.39. The first-order chi connectivity index (χ1) is 7.51. The van der Waals surface area contributed by atoms with E-state index >= 15 is 0 Å². The molecule has 0 aromatic heterocycles. The Balaban J connectivity index is 2.99. The lowest BCUT2D eigenvalue weighted by atomic mass is 9.85. The van der Waals surface area contributed by atoms with Crippen LogP contribution in [0.1, 0.15) is 19.8 Å². The lowest BCUT2D eigenvalue weighted by Crippen LogP contribution is -2.39. The van der Waals surface area contributed by atoms with Crippen molar-refractivity contribution in [2.24, 2.45) is 17.3 Å². The summed E-state index contributed by atoms with van der Waals surface area (Å²) in [6.45, 7) is 1.88. The van der Waals surface area contributed by atoms with Crippen LogP contribution in [0.3, 0.4) is 0 Å². The molecule has 1 rings (SSSR count). The summed E-state index contributed by atoms with van der Waals surface area (Å²) < 4.78 is 9.36. The van der Waals surface area contributed by atoms with Crippen LogP contribution in [-0.4, -0.2) is 37.9 Å². The number of ether oxygens (including phenoxy) is 2. The van der Waals surface area contributed by atoms with E-state index in [-0.39, 0.29) is 18.4 Å². The van der Waals surface area contributed by atoms with Crippen molar-refractivity contribution in [3.05, 3.63) is 0 Å². The fourth-order valence-electron chi connectivity index (χ4n) is 2.50. The van der Waals surface area contributed by atoms with Crippen LogP contribution in [0.15, 0.2) is 0 Å². The summed E-state index contributed by atoms with van der Waals surface area (Å²) in [6.07, 6.45) is 0.668. The average Bonchev–Trinajstić information content (AvgIpc) is 2.65. The number of methoxy groups -OCH3 is 2. The van der Waals surface area contributed by atoms with E-state index in [1.54, 1.807) is 0 Å². The number of carbonyl (C=O) groups excluding carboxylic acids is 2. The molecule has 1 fully saturated rings. The van der Waals surface area contributed by atoms with Gasteiger partial charge in [0.05, 0.1) is 14.2 Å². The first-order valence-electron chi connectivity index (χ1n) is 5.29. The third-order valence-corrected chi connectivity index (χ3v) is 3.47. The molecule has 0 saturated heterocycles. The van der Waals surface area contributed by atoms with E-state index in [1.165, 1.54) is 14.2 Å². The van der Waals surface area contributed by atoms with Gasteiger partial charge in [0.1, 0.15) is 0 Å². The quantitative estimate of drug-likeness (QED) is 0.559. The highest BCUT2D eigenvalue weighted by Crippen LogP contribution is 2.46. The summed E-state index contributed by atoms with van der Waals surface area (Å²) in [7, 11) is 2.51. The Bertz CT molecular complexity index is 270. The van der Waals surface area contributed by atoms with Crippen molar-refractivity contribution in [2.45, 2.75) is 19.8 Å². The molecule has 0 amide bonds. The molecule has 0 heterocycles. The van der Waals surface area contributed by atoms with Crippen LogP contribution in [-0.2, 0) is 19.1 Å². The highest BCUT2D eigenvalue weighted by Gasteiger charge is 2.55. The lowest BCUT2D eigenvalue weighted by molar-refractivity contribution is -0.169. The second kappa shape index (κ2) is 4.82. The van der Waals surface area contributed by atoms with E-state index in [4.69, 9.17) is 0 Å². The van der Waals surface area contributed by atoms with E-state index in [2.05, 4.69) is 9.47 Å². The van der Waals surface area contributed by atoms with E-state index < -0.39 is 17.4 Å². The fourth-order valence-corrected chi connectivity index (χ4v) is 2.50. The van der Waals surface area contributed by atoms with Crippen LogP contribution < -0.4 is 0 Å². The number of aliphatic hydroxyl groups is 1. The van der Waals surface area contributed by atoms with Crippen LogP contribution in [0.2, 0.25) is 0 Å². The van der Waals surface area contributed by atoms with Gasteiger partial charge in [0.15, 0.2) is 5.41 Å². The van der Waals surface area contributed by atoms with Gasteiger partial charge in [0.25, 0.3) is 0 Å². The summed E-state index contributed by atoms with van der Waals surface area (Å²) >= 11 is 0. The molecular weight excluding hydrogens is 212 g/mol. The zero-order valence-corrected chi connectivity index (χ0v) is 9.86. The maximum Gasteiger partial charge on any atom is 0.323 e. The van der Waals surface area contributed by atoms with Crippen LogP contribution in [0.25, 0.3) is 0 Å². The van der Waals surface area contributed by atoms with Gasteiger partial charge in [-0.25, -0.2) is 0 Å². The molecular formula is C11H18O5. The average molecular weight is 230 g/mol. The fraction of sp³-hybridized carbons (Fsp3) is 0.818. The first kappa shape index (κ1) is 13.0. The van der Waals surface area contributed by atoms with Gasteiger partial charge in [-0.2, -0.15) is 0 Å². The van der Waals surface area contributed by atoms with Crippen molar-refractivity contribution in [3.8, 4) is 0 Å². The zero-order chi connectivity index (χ0) is 12.3. The molecule has 1 aliphatic carbocycles. The number of aliphatic hydroxyl groups excluding tert-OH is 1. The minimum absolute atomic E-state index is 0.0308. The van der Waals surface area contributed by atoms with Gasteiger partial charge in [-0.15, -0.1) is 0 Å². The second-order valence-corrected chi connectivity index (χ2v) is 4.39. The summed E-state index contributed by atoms with van der Waals surface area (Å²) in [5.74, 6) is -1.09. The SMILES string of the molecule is COC(=O)C1(C(=O)OC)C[C@@H](CO)[C@H](C)C1. The standard InChI is InChI=1S/C11H18O5/c1-7-4-11(9(13)15-2,10(14)16-3)5-8(7)6-12/h7-8,12H,4-6H2,1-3H3/t7-,8+/m1/s1. The smallest absolute Gasteiger partial charge is 0.323 e. The number of hydrogen-bond donors (Lipinski definition) is 1. The van der Waals surface area contributed by atoms with Gasteiger partial charge in [-0.3, -0.25) is 9.59 Å². The minimum atomic E-state index is -1.23. The summed E-state index contributed by atoms with van der Waals surface area (Å²) in [5, 5.41) is 9.17. The predicted octanol–water partition coefficient (Wildman–Crippen LogP) is 0.357. The molecule has 16 heavy (non-hydrogen) atoms. The predicted molar refractivity (Wildman–Crippen MR) is 55.4 cm³/mol. The van der Waals surface area contributed by atoms with Gasteiger partial charge in [-0.1, -0.05) is 6.92 Å². The van der Waals surface area contributed by atoms with Gasteiger partial charge in [0, 0.05) is 6.61 Å². The third kappa shape index (κ3) is 1.91. The van der Waals surface area contributed by atoms with Crippen molar-refractivity contribution in [3.63, 3.8) is 0 Å². The van der Waals surface area contributed by atoms with Crippen LogP contribution in [0, 0.1) is 17.3 Å².